The molecule has 18 heavy (non-hydrogen) atoms. The van der Waals surface area contributed by atoms with Crippen molar-refractivity contribution in [2.75, 3.05) is 20.2 Å². The number of amides is 1. The molecule has 0 aliphatic heterocycles. The lowest BCUT2D eigenvalue weighted by atomic mass is 9.68. The number of carbonyl (C=O) groups excluding carboxylic acids is 1. The zero-order valence-electron chi connectivity index (χ0n) is 10.8. The number of hydrogen-bond donors (Lipinski definition) is 1. The molecule has 0 bridgehead atoms. The van der Waals surface area contributed by atoms with Gasteiger partial charge in [-0.2, -0.15) is 0 Å². The SMILES string of the molecule is CN(CCc1cccnc1)C(=O)C1(CO)CCC1. The molecule has 1 aromatic rings. The number of likely N-dealkylation sites (N-methyl/N-ethyl adjacent to an activating group) is 1. The van der Waals surface area contributed by atoms with Crippen LogP contribution in [0.1, 0.15) is 24.8 Å². The van der Waals surface area contributed by atoms with Crippen LogP contribution in [0.2, 0.25) is 0 Å². The Morgan fingerprint density at radius 3 is 2.83 bits per heavy atom. The van der Waals surface area contributed by atoms with Crippen molar-refractivity contribution < 1.29 is 9.90 Å². The van der Waals surface area contributed by atoms with E-state index < -0.39 is 5.41 Å². The van der Waals surface area contributed by atoms with Crippen LogP contribution in [0.25, 0.3) is 0 Å². The Labute approximate surface area is 108 Å². The fraction of sp³-hybridized carbons (Fsp3) is 0.571. The minimum atomic E-state index is -0.482. The van der Waals surface area contributed by atoms with Crippen molar-refractivity contribution in [3.63, 3.8) is 0 Å². The van der Waals surface area contributed by atoms with Crippen molar-refractivity contribution in [3.8, 4) is 0 Å². The van der Waals surface area contributed by atoms with Gasteiger partial charge in [0, 0.05) is 26.0 Å². The Morgan fingerprint density at radius 2 is 2.33 bits per heavy atom. The Kier molecular flexibility index (Phi) is 3.97. The van der Waals surface area contributed by atoms with E-state index in [0.29, 0.717) is 6.54 Å². The smallest absolute Gasteiger partial charge is 0.230 e. The summed E-state index contributed by atoms with van der Waals surface area (Å²) in [6, 6.07) is 3.91. The van der Waals surface area contributed by atoms with Gasteiger partial charge in [-0.25, -0.2) is 0 Å². The topological polar surface area (TPSA) is 53.4 Å². The number of aromatic nitrogens is 1. The Balaban J connectivity index is 1.88. The van der Waals surface area contributed by atoms with Gasteiger partial charge in [0.2, 0.25) is 5.91 Å². The monoisotopic (exact) mass is 248 g/mol. The van der Waals surface area contributed by atoms with E-state index in [1.165, 1.54) is 0 Å². The van der Waals surface area contributed by atoms with Crippen LogP contribution >= 0.6 is 0 Å². The molecule has 1 aromatic heterocycles. The van der Waals surface area contributed by atoms with Crippen LogP contribution in [0.15, 0.2) is 24.5 Å². The van der Waals surface area contributed by atoms with Gasteiger partial charge in [-0.05, 0) is 30.9 Å². The molecule has 4 nitrogen and oxygen atoms in total. The fourth-order valence-corrected chi connectivity index (χ4v) is 2.39. The molecule has 0 atom stereocenters. The molecule has 1 saturated carbocycles. The molecule has 0 saturated heterocycles. The third-order valence-electron chi connectivity index (χ3n) is 3.87. The summed E-state index contributed by atoms with van der Waals surface area (Å²) in [4.78, 5) is 18.0. The summed E-state index contributed by atoms with van der Waals surface area (Å²) in [5.41, 5.74) is 0.646. The second-order valence-corrected chi connectivity index (χ2v) is 5.13. The Hall–Kier alpha value is -1.42. The minimum absolute atomic E-state index is 0.0247. The first kappa shape index (κ1) is 13.0. The van der Waals surface area contributed by atoms with Crippen LogP contribution in [0, 0.1) is 5.41 Å². The summed E-state index contributed by atoms with van der Waals surface area (Å²) in [7, 11) is 1.81. The van der Waals surface area contributed by atoms with Gasteiger partial charge in [-0.15, -0.1) is 0 Å². The molecule has 1 fully saturated rings. The molecule has 1 N–H and O–H groups in total. The molecule has 0 radical (unpaired) electrons. The highest BCUT2D eigenvalue weighted by Gasteiger charge is 2.44. The van der Waals surface area contributed by atoms with E-state index in [-0.39, 0.29) is 12.5 Å². The first-order valence-electron chi connectivity index (χ1n) is 6.43. The number of nitrogens with zero attached hydrogens (tertiary/aromatic N) is 2. The highest BCUT2D eigenvalue weighted by atomic mass is 16.3. The van der Waals surface area contributed by atoms with Crippen LogP contribution in [0.3, 0.4) is 0 Å². The first-order valence-corrected chi connectivity index (χ1v) is 6.43. The minimum Gasteiger partial charge on any atom is -0.395 e. The molecule has 1 amide bonds. The molecule has 1 aliphatic carbocycles. The molecule has 0 unspecified atom stereocenters. The standard InChI is InChI=1S/C14H20N2O2/c1-16(9-5-12-4-2-8-15-10-12)13(18)14(11-17)6-3-7-14/h2,4,8,10,17H,3,5-7,9,11H2,1H3. The normalized spacial score (nSPS) is 17.0. The van der Waals surface area contributed by atoms with Crippen molar-refractivity contribution in [1.82, 2.24) is 9.88 Å². The van der Waals surface area contributed by atoms with Crippen LogP contribution in [-0.2, 0) is 11.2 Å². The first-order chi connectivity index (χ1) is 8.68. The molecule has 1 aliphatic rings. The molecule has 98 valence electrons. The lowest BCUT2D eigenvalue weighted by molar-refractivity contribution is -0.149. The zero-order valence-corrected chi connectivity index (χ0v) is 10.8. The summed E-state index contributed by atoms with van der Waals surface area (Å²) in [5, 5.41) is 9.38. The summed E-state index contributed by atoms with van der Waals surface area (Å²) in [6.45, 7) is 0.648. The van der Waals surface area contributed by atoms with E-state index in [4.69, 9.17) is 0 Å². The lowest BCUT2D eigenvalue weighted by Crippen LogP contribution is -2.49. The summed E-state index contributed by atoms with van der Waals surface area (Å²) >= 11 is 0. The van der Waals surface area contributed by atoms with E-state index in [1.807, 2.05) is 25.4 Å². The average molecular weight is 248 g/mol. The van der Waals surface area contributed by atoms with Crippen molar-refractivity contribution in [2.24, 2.45) is 5.41 Å². The molecule has 0 aromatic carbocycles. The molecule has 2 rings (SSSR count). The quantitative estimate of drug-likeness (QED) is 0.853. The summed E-state index contributed by atoms with van der Waals surface area (Å²) in [6.07, 6.45) is 7.05. The maximum atomic E-state index is 12.2. The highest BCUT2D eigenvalue weighted by Crippen LogP contribution is 2.41. The van der Waals surface area contributed by atoms with Gasteiger partial charge in [0.1, 0.15) is 0 Å². The van der Waals surface area contributed by atoms with E-state index in [1.54, 1.807) is 11.1 Å². The molecular formula is C14H20N2O2. The largest absolute Gasteiger partial charge is 0.395 e. The summed E-state index contributed by atoms with van der Waals surface area (Å²) < 4.78 is 0. The second kappa shape index (κ2) is 5.48. The molecule has 0 spiro atoms. The van der Waals surface area contributed by atoms with Crippen LogP contribution < -0.4 is 0 Å². The van der Waals surface area contributed by atoms with Gasteiger partial charge < -0.3 is 10.0 Å². The predicted molar refractivity (Wildman–Crippen MR) is 68.9 cm³/mol. The average Bonchev–Trinajstić information content (AvgIpc) is 2.36. The predicted octanol–water partition coefficient (Wildman–Crippen LogP) is 1.25. The van der Waals surface area contributed by atoms with Crippen molar-refractivity contribution in [2.45, 2.75) is 25.7 Å². The van der Waals surface area contributed by atoms with E-state index >= 15 is 0 Å². The van der Waals surface area contributed by atoms with E-state index in [9.17, 15) is 9.90 Å². The Bertz CT molecular complexity index is 396. The number of rotatable bonds is 5. The highest BCUT2D eigenvalue weighted by molar-refractivity contribution is 5.83. The van der Waals surface area contributed by atoms with Gasteiger partial charge in [0.15, 0.2) is 0 Å². The van der Waals surface area contributed by atoms with Gasteiger partial charge in [0.05, 0.1) is 12.0 Å². The number of pyridine rings is 1. The van der Waals surface area contributed by atoms with Crippen molar-refractivity contribution >= 4 is 5.91 Å². The maximum Gasteiger partial charge on any atom is 0.230 e. The van der Waals surface area contributed by atoms with Crippen molar-refractivity contribution in [1.29, 1.82) is 0 Å². The van der Waals surface area contributed by atoms with E-state index in [2.05, 4.69) is 4.98 Å². The van der Waals surface area contributed by atoms with Gasteiger partial charge in [-0.3, -0.25) is 9.78 Å². The van der Waals surface area contributed by atoms with E-state index in [0.717, 1.165) is 31.2 Å². The second-order valence-electron chi connectivity index (χ2n) is 5.13. The van der Waals surface area contributed by atoms with Crippen LogP contribution in [0.5, 0.6) is 0 Å². The molecule has 1 heterocycles. The Morgan fingerprint density at radius 1 is 1.56 bits per heavy atom. The van der Waals surface area contributed by atoms with Crippen molar-refractivity contribution in [3.05, 3.63) is 30.1 Å². The third-order valence-corrected chi connectivity index (χ3v) is 3.87. The lowest BCUT2D eigenvalue weighted by Gasteiger charge is -2.41. The maximum absolute atomic E-state index is 12.2. The molecular weight excluding hydrogens is 228 g/mol. The number of carbonyl (C=O) groups is 1. The number of aliphatic hydroxyl groups excluding tert-OH is 1. The van der Waals surface area contributed by atoms with Gasteiger partial charge >= 0.3 is 0 Å². The number of aliphatic hydroxyl groups is 1. The summed E-state index contributed by atoms with van der Waals surface area (Å²) in [5.74, 6) is 0.0835. The van der Waals surface area contributed by atoms with Gasteiger partial charge in [-0.1, -0.05) is 12.5 Å². The molecule has 4 heteroatoms. The fourth-order valence-electron chi connectivity index (χ4n) is 2.39. The zero-order chi connectivity index (χ0) is 13.0. The third kappa shape index (κ3) is 2.53. The number of hydrogen-bond acceptors (Lipinski definition) is 3. The van der Waals surface area contributed by atoms with Crippen LogP contribution in [0.4, 0.5) is 0 Å². The van der Waals surface area contributed by atoms with Crippen LogP contribution in [-0.4, -0.2) is 41.1 Å². The van der Waals surface area contributed by atoms with Gasteiger partial charge in [0.25, 0.3) is 0 Å².